The highest BCUT2D eigenvalue weighted by Crippen LogP contribution is 2.30. The van der Waals surface area contributed by atoms with E-state index in [0.29, 0.717) is 13.2 Å². The fourth-order valence-electron chi connectivity index (χ4n) is 2.25. The molecule has 0 radical (unpaired) electrons. The van der Waals surface area contributed by atoms with Crippen LogP contribution in [0.4, 0.5) is 0 Å². The molecule has 0 atom stereocenters. The standard InChI is InChI=1S/C16H18N2O2S/c1-19-8-9-20-14-11-12(15-3-2-10-21-15)4-5-13(14)16-17-6-7-18-16/h2-5,10-11H,6-9H2,1H3,(H,17,18). The molecule has 0 unspecified atom stereocenters. The molecule has 1 aromatic carbocycles. The number of nitrogens with zero attached hydrogens (tertiary/aromatic N) is 1. The van der Waals surface area contributed by atoms with Gasteiger partial charge in [0.05, 0.1) is 18.7 Å². The van der Waals surface area contributed by atoms with Crippen LogP contribution in [-0.4, -0.2) is 39.2 Å². The van der Waals surface area contributed by atoms with Crippen LogP contribution in [0.3, 0.4) is 0 Å². The fraction of sp³-hybridized carbons (Fsp3) is 0.312. The number of thiophene rings is 1. The smallest absolute Gasteiger partial charge is 0.132 e. The van der Waals surface area contributed by atoms with Gasteiger partial charge in [0.2, 0.25) is 0 Å². The van der Waals surface area contributed by atoms with E-state index in [0.717, 1.165) is 30.2 Å². The highest BCUT2D eigenvalue weighted by atomic mass is 32.1. The van der Waals surface area contributed by atoms with Crippen molar-refractivity contribution in [2.24, 2.45) is 4.99 Å². The highest BCUT2D eigenvalue weighted by molar-refractivity contribution is 7.13. The lowest BCUT2D eigenvalue weighted by Gasteiger charge is -2.13. The molecule has 0 amide bonds. The van der Waals surface area contributed by atoms with Crippen molar-refractivity contribution in [3.8, 4) is 16.2 Å². The number of methoxy groups -OCH3 is 1. The lowest BCUT2D eigenvalue weighted by atomic mass is 10.1. The van der Waals surface area contributed by atoms with Crippen molar-refractivity contribution in [2.45, 2.75) is 0 Å². The maximum Gasteiger partial charge on any atom is 0.132 e. The number of benzene rings is 1. The molecule has 2 heterocycles. The van der Waals surface area contributed by atoms with Gasteiger partial charge in [-0.25, -0.2) is 0 Å². The first kappa shape index (κ1) is 14.1. The Morgan fingerprint density at radius 3 is 2.95 bits per heavy atom. The van der Waals surface area contributed by atoms with Crippen molar-refractivity contribution in [2.75, 3.05) is 33.4 Å². The summed E-state index contributed by atoms with van der Waals surface area (Å²) >= 11 is 1.73. The van der Waals surface area contributed by atoms with E-state index < -0.39 is 0 Å². The topological polar surface area (TPSA) is 42.9 Å². The summed E-state index contributed by atoms with van der Waals surface area (Å²) in [5, 5.41) is 5.38. The van der Waals surface area contributed by atoms with E-state index in [4.69, 9.17) is 9.47 Å². The van der Waals surface area contributed by atoms with Crippen molar-refractivity contribution in [3.63, 3.8) is 0 Å². The molecule has 1 aliphatic rings. The molecule has 0 aliphatic carbocycles. The van der Waals surface area contributed by atoms with Crippen LogP contribution in [0.15, 0.2) is 40.7 Å². The molecule has 3 rings (SSSR count). The monoisotopic (exact) mass is 302 g/mol. The third-order valence-electron chi connectivity index (χ3n) is 3.26. The Bertz CT molecular complexity index is 623. The van der Waals surface area contributed by atoms with Crippen molar-refractivity contribution < 1.29 is 9.47 Å². The Morgan fingerprint density at radius 2 is 2.24 bits per heavy atom. The first-order chi connectivity index (χ1) is 10.4. The number of aliphatic imine (C=N–C) groups is 1. The van der Waals surface area contributed by atoms with Crippen molar-refractivity contribution >= 4 is 17.2 Å². The van der Waals surface area contributed by atoms with Crippen LogP contribution >= 0.6 is 11.3 Å². The predicted octanol–water partition coefficient (Wildman–Crippen LogP) is 2.79. The van der Waals surface area contributed by atoms with Gasteiger partial charge in [0, 0.05) is 18.5 Å². The Balaban J connectivity index is 1.91. The summed E-state index contributed by atoms with van der Waals surface area (Å²) in [5.74, 6) is 1.77. The lowest BCUT2D eigenvalue weighted by Crippen LogP contribution is -2.20. The number of hydrogen-bond acceptors (Lipinski definition) is 5. The van der Waals surface area contributed by atoms with E-state index in [-0.39, 0.29) is 0 Å². The third-order valence-corrected chi connectivity index (χ3v) is 4.18. The molecule has 0 saturated heterocycles. The van der Waals surface area contributed by atoms with E-state index in [1.807, 2.05) is 0 Å². The van der Waals surface area contributed by atoms with Crippen LogP contribution in [0.25, 0.3) is 10.4 Å². The molecular formula is C16H18N2O2S. The molecule has 0 spiro atoms. The van der Waals surface area contributed by atoms with Crippen LogP contribution in [0.2, 0.25) is 0 Å². The van der Waals surface area contributed by atoms with E-state index in [1.165, 1.54) is 10.4 Å². The Morgan fingerprint density at radius 1 is 1.29 bits per heavy atom. The van der Waals surface area contributed by atoms with E-state index >= 15 is 0 Å². The fourth-order valence-corrected chi connectivity index (χ4v) is 2.97. The molecule has 2 aromatic rings. The minimum Gasteiger partial charge on any atom is -0.490 e. The number of rotatable bonds is 6. The first-order valence-corrected chi connectivity index (χ1v) is 7.85. The van der Waals surface area contributed by atoms with Gasteiger partial charge in [0.25, 0.3) is 0 Å². The van der Waals surface area contributed by atoms with Crippen LogP contribution in [0.5, 0.6) is 5.75 Å². The normalized spacial score (nSPS) is 13.9. The quantitative estimate of drug-likeness (QED) is 0.834. The number of amidine groups is 1. The molecule has 4 nitrogen and oxygen atoms in total. The largest absolute Gasteiger partial charge is 0.490 e. The third kappa shape index (κ3) is 3.25. The van der Waals surface area contributed by atoms with Gasteiger partial charge in [0.15, 0.2) is 0 Å². The second-order valence-corrected chi connectivity index (χ2v) is 5.63. The van der Waals surface area contributed by atoms with Crippen molar-refractivity contribution in [1.29, 1.82) is 0 Å². The van der Waals surface area contributed by atoms with Crippen LogP contribution in [0, 0.1) is 0 Å². The zero-order valence-electron chi connectivity index (χ0n) is 12.0. The average molecular weight is 302 g/mol. The summed E-state index contributed by atoms with van der Waals surface area (Å²) in [5.41, 5.74) is 2.18. The lowest BCUT2D eigenvalue weighted by molar-refractivity contribution is 0.146. The van der Waals surface area contributed by atoms with Crippen LogP contribution in [0.1, 0.15) is 5.56 Å². The zero-order valence-corrected chi connectivity index (χ0v) is 12.8. The van der Waals surface area contributed by atoms with Gasteiger partial charge in [-0.2, -0.15) is 0 Å². The molecule has 0 saturated carbocycles. The second-order valence-electron chi connectivity index (χ2n) is 4.69. The van der Waals surface area contributed by atoms with Gasteiger partial charge in [-0.15, -0.1) is 11.3 Å². The molecule has 110 valence electrons. The number of ether oxygens (including phenoxy) is 2. The highest BCUT2D eigenvalue weighted by Gasteiger charge is 2.15. The summed E-state index contributed by atoms with van der Waals surface area (Å²) in [6, 6.07) is 10.5. The molecule has 0 fully saturated rings. The molecule has 0 bridgehead atoms. The minimum atomic E-state index is 0.532. The Hall–Kier alpha value is -1.85. The van der Waals surface area contributed by atoms with Crippen molar-refractivity contribution in [3.05, 3.63) is 41.3 Å². The number of nitrogens with one attached hydrogen (secondary N) is 1. The summed E-state index contributed by atoms with van der Waals surface area (Å²) in [6.45, 7) is 2.81. The molecule has 5 heteroatoms. The second kappa shape index (κ2) is 6.74. The Labute approximate surface area is 128 Å². The molecule has 1 aliphatic heterocycles. The van der Waals surface area contributed by atoms with Gasteiger partial charge in [-0.3, -0.25) is 4.99 Å². The molecule has 1 N–H and O–H groups in total. The van der Waals surface area contributed by atoms with E-state index in [1.54, 1.807) is 18.4 Å². The summed E-state index contributed by atoms with van der Waals surface area (Å²) < 4.78 is 11.0. The van der Waals surface area contributed by atoms with E-state index in [9.17, 15) is 0 Å². The first-order valence-electron chi connectivity index (χ1n) is 6.97. The van der Waals surface area contributed by atoms with Crippen LogP contribution < -0.4 is 10.1 Å². The van der Waals surface area contributed by atoms with Crippen molar-refractivity contribution in [1.82, 2.24) is 5.32 Å². The number of hydrogen-bond donors (Lipinski definition) is 1. The van der Waals surface area contributed by atoms with Gasteiger partial charge in [-0.1, -0.05) is 12.1 Å². The zero-order chi connectivity index (χ0) is 14.5. The SMILES string of the molecule is COCCOc1cc(-c2cccs2)ccc1C1=NCCN1. The van der Waals surface area contributed by atoms with Gasteiger partial charge in [0.1, 0.15) is 18.2 Å². The summed E-state index contributed by atoms with van der Waals surface area (Å²) in [4.78, 5) is 5.72. The van der Waals surface area contributed by atoms with Gasteiger partial charge in [-0.05, 0) is 29.1 Å². The molecule has 1 aromatic heterocycles. The predicted molar refractivity (Wildman–Crippen MR) is 86.5 cm³/mol. The average Bonchev–Trinajstić information content (AvgIpc) is 3.21. The molecular weight excluding hydrogens is 284 g/mol. The maximum absolute atomic E-state index is 5.89. The molecule has 21 heavy (non-hydrogen) atoms. The van der Waals surface area contributed by atoms with E-state index in [2.05, 4.69) is 46.0 Å². The van der Waals surface area contributed by atoms with Crippen LogP contribution in [-0.2, 0) is 4.74 Å². The Kier molecular flexibility index (Phi) is 4.52. The summed E-state index contributed by atoms with van der Waals surface area (Å²) in [6.07, 6.45) is 0. The van der Waals surface area contributed by atoms with Gasteiger partial charge < -0.3 is 14.8 Å². The summed E-state index contributed by atoms with van der Waals surface area (Å²) in [7, 11) is 1.68. The maximum atomic E-state index is 5.89. The minimum absolute atomic E-state index is 0.532. The van der Waals surface area contributed by atoms with Gasteiger partial charge >= 0.3 is 0 Å².